The van der Waals surface area contributed by atoms with Crippen molar-refractivity contribution in [2.75, 3.05) is 11.1 Å². The summed E-state index contributed by atoms with van der Waals surface area (Å²) in [7, 11) is 0. The van der Waals surface area contributed by atoms with E-state index in [2.05, 4.69) is 17.2 Å². The van der Waals surface area contributed by atoms with Gasteiger partial charge in [0.2, 0.25) is 0 Å². The Morgan fingerprint density at radius 1 is 1.39 bits per heavy atom. The number of anilines is 1. The predicted molar refractivity (Wildman–Crippen MR) is 67.8 cm³/mol. The number of hydrogen-bond acceptors (Lipinski definition) is 3. The zero-order chi connectivity index (χ0) is 13.2. The Labute approximate surface area is 108 Å². The van der Waals surface area contributed by atoms with Gasteiger partial charge in [-0.2, -0.15) is 24.9 Å². The van der Waals surface area contributed by atoms with E-state index in [-0.39, 0.29) is 0 Å². The first kappa shape index (κ1) is 13.5. The molecule has 1 N–H and O–H groups in total. The standard InChI is InChI=1S/C12H15F3N2S/c1-8-10(3-2-6-18-8)17-9-4-5-11(16-7-9)12(13,14)15/h4-5,7-8,10,17H,2-3,6H2,1H3. The van der Waals surface area contributed by atoms with Crippen molar-refractivity contribution in [3.05, 3.63) is 24.0 Å². The number of alkyl halides is 3. The van der Waals surface area contributed by atoms with Gasteiger partial charge in [0, 0.05) is 11.3 Å². The van der Waals surface area contributed by atoms with Crippen molar-refractivity contribution >= 4 is 17.4 Å². The lowest BCUT2D eigenvalue weighted by Gasteiger charge is -2.29. The van der Waals surface area contributed by atoms with Gasteiger partial charge in [0.1, 0.15) is 5.69 Å². The van der Waals surface area contributed by atoms with E-state index in [1.807, 2.05) is 11.8 Å². The minimum Gasteiger partial charge on any atom is -0.380 e. The van der Waals surface area contributed by atoms with Gasteiger partial charge < -0.3 is 5.32 Å². The van der Waals surface area contributed by atoms with E-state index in [4.69, 9.17) is 0 Å². The Hall–Kier alpha value is -0.910. The van der Waals surface area contributed by atoms with Gasteiger partial charge in [-0.15, -0.1) is 0 Å². The summed E-state index contributed by atoms with van der Waals surface area (Å²) in [6, 6.07) is 2.77. The molecule has 0 radical (unpaired) electrons. The molecule has 100 valence electrons. The molecule has 2 nitrogen and oxygen atoms in total. The van der Waals surface area contributed by atoms with Crippen molar-refractivity contribution in [1.82, 2.24) is 4.98 Å². The molecule has 1 saturated heterocycles. The fourth-order valence-electron chi connectivity index (χ4n) is 1.97. The molecule has 18 heavy (non-hydrogen) atoms. The van der Waals surface area contributed by atoms with Gasteiger partial charge in [0.25, 0.3) is 0 Å². The van der Waals surface area contributed by atoms with E-state index >= 15 is 0 Å². The van der Waals surface area contributed by atoms with Gasteiger partial charge in [0.15, 0.2) is 0 Å². The van der Waals surface area contributed by atoms with Gasteiger partial charge in [-0.1, -0.05) is 6.92 Å². The number of aromatic nitrogens is 1. The molecule has 0 bridgehead atoms. The maximum absolute atomic E-state index is 12.4. The molecule has 1 fully saturated rings. The lowest BCUT2D eigenvalue weighted by Crippen LogP contribution is -2.32. The second-order valence-electron chi connectivity index (χ2n) is 4.40. The monoisotopic (exact) mass is 276 g/mol. The van der Waals surface area contributed by atoms with Gasteiger partial charge in [0.05, 0.1) is 11.9 Å². The lowest BCUT2D eigenvalue weighted by molar-refractivity contribution is -0.141. The smallest absolute Gasteiger partial charge is 0.380 e. The molecule has 1 aliphatic heterocycles. The number of rotatable bonds is 2. The third-order valence-electron chi connectivity index (χ3n) is 3.01. The normalized spacial score (nSPS) is 24.9. The minimum atomic E-state index is -4.37. The molecule has 1 aromatic heterocycles. The molecule has 6 heteroatoms. The van der Waals surface area contributed by atoms with Gasteiger partial charge in [-0.3, -0.25) is 0 Å². The van der Waals surface area contributed by atoms with Crippen LogP contribution < -0.4 is 5.32 Å². The molecular weight excluding hydrogens is 261 g/mol. The molecule has 2 unspecified atom stereocenters. The predicted octanol–water partition coefficient (Wildman–Crippen LogP) is 3.80. The third-order valence-corrected chi connectivity index (χ3v) is 4.39. The number of thioether (sulfide) groups is 1. The zero-order valence-corrected chi connectivity index (χ0v) is 10.8. The number of hydrogen-bond donors (Lipinski definition) is 1. The van der Waals surface area contributed by atoms with Crippen LogP contribution >= 0.6 is 11.8 Å². The van der Waals surface area contributed by atoms with Crippen molar-refractivity contribution in [3.63, 3.8) is 0 Å². The number of nitrogens with zero attached hydrogens (tertiary/aromatic N) is 1. The zero-order valence-electron chi connectivity index (χ0n) is 10.00. The molecule has 2 atom stereocenters. The fraction of sp³-hybridized carbons (Fsp3) is 0.583. The van der Waals surface area contributed by atoms with Crippen LogP contribution in [0, 0.1) is 0 Å². The van der Waals surface area contributed by atoms with Crippen LogP contribution in [0.25, 0.3) is 0 Å². The first-order valence-electron chi connectivity index (χ1n) is 5.88. The van der Waals surface area contributed by atoms with Crippen molar-refractivity contribution < 1.29 is 13.2 Å². The van der Waals surface area contributed by atoms with E-state index in [0.717, 1.165) is 24.7 Å². The van der Waals surface area contributed by atoms with Gasteiger partial charge >= 0.3 is 6.18 Å². The van der Waals surface area contributed by atoms with Crippen LogP contribution in [0.5, 0.6) is 0 Å². The van der Waals surface area contributed by atoms with E-state index in [9.17, 15) is 13.2 Å². The summed E-state index contributed by atoms with van der Waals surface area (Å²) in [6.45, 7) is 2.14. The molecular formula is C12H15F3N2S. The summed E-state index contributed by atoms with van der Waals surface area (Å²) in [5.74, 6) is 1.16. The highest BCUT2D eigenvalue weighted by atomic mass is 32.2. The first-order valence-corrected chi connectivity index (χ1v) is 6.93. The SMILES string of the molecule is CC1SCCCC1Nc1ccc(C(F)(F)F)nc1. The van der Waals surface area contributed by atoms with E-state index in [1.54, 1.807) is 0 Å². The van der Waals surface area contributed by atoms with Crippen molar-refractivity contribution in [2.24, 2.45) is 0 Å². The summed E-state index contributed by atoms with van der Waals surface area (Å²) in [4.78, 5) is 3.45. The highest BCUT2D eigenvalue weighted by molar-refractivity contribution is 8.00. The van der Waals surface area contributed by atoms with Gasteiger partial charge in [-0.05, 0) is 30.7 Å². The van der Waals surface area contributed by atoms with Crippen LogP contribution in [0.3, 0.4) is 0 Å². The highest BCUT2D eigenvalue weighted by Gasteiger charge is 2.32. The summed E-state index contributed by atoms with van der Waals surface area (Å²) < 4.78 is 37.1. The molecule has 2 rings (SSSR count). The molecule has 1 aromatic rings. The second kappa shape index (κ2) is 5.38. The quantitative estimate of drug-likeness (QED) is 0.889. The van der Waals surface area contributed by atoms with Crippen LogP contribution in [-0.4, -0.2) is 22.0 Å². The topological polar surface area (TPSA) is 24.9 Å². The van der Waals surface area contributed by atoms with Crippen LogP contribution in [0.2, 0.25) is 0 Å². The fourth-order valence-corrected chi connectivity index (χ4v) is 3.12. The Bertz CT molecular complexity index is 391. The van der Waals surface area contributed by atoms with Crippen molar-refractivity contribution in [2.45, 2.75) is 37.2 Å². The minimum absolute atomic E-state index is 0.308. The van der Waals surface area contributed by atoms with Gasteiger partial charge in [-0.25, -0.2) is 4.98 Å². The molecule has 1 aliphatic rings. The molecule has 0 saturated carbocycles. The lowest BCUT2D eigenvalue weighted by atomic mass is 10.1. The van der Waals surface area contributed by atoms with Crippen LogP contribution in [0.1, 0.15) is 25.5 Å². The number of nitrogens with one attached hydrogen (secondary N) is 1. The average Bonchev–Trinajstić information content (AvgIpc) is 2.32. The molecule has 0 spiro atoms. The summed E-state index contributed by atoms with van der Waals surface area (Å²) in [5.41, 5.74) is -0.193. The third kappa shape index (κ3) is 3.31. The summed E-state index contributed by atoms with van der Waals surface area (Å²) in [6.07, 6.45) is -0.919. The van der Waals surface area contributed by atoms with Crippen molar-refractivity contribution in [1.29, 1.82) is 0 Å². The van der Waals surface area contributed by atoms with Crippen molar-refractivity contribution in [3.8, 4) is 0 Å². The van der Waals surface area contributed by atoms with Crippen LogP contribution in [0.4, 0.5) is 18.9 Å². The van der Waals surface area contributed by atoms with E-state index < -0.39 is 11.9 Å². The summed E-state index contributed by atoms with van der Waals surface area (Å²) in [5, 5.41) is 3.73. The second-order valence-corrected chi connectivity index (χ2v) is 5.88. The maximum Gasteiger partial charge on any atom is 0.433 e. The highest BCUT2D eigenvalue weighted by Crippen LogP contribution is 2.30. The summed E-state index contributed by atoms with van der Waals surface area (Å²) >= 11 is 1.89. The molecule has 0 amide bonds. The Balaban J connectivity index is 2.02. The van der Waals surface area contributed by atoms with E-state index in [1.165, 1.54) is 12.3 Å². The largest absolute Gasteiger partial charge is 0.433 e. The molecule has 0 aromatic carbocycles. The number of halogens is 3. The Kier molecular flexibility index (Phi) is 4.04. The Morgan fingerprint density at radius 2 is 2.17 bits per heavy atom. The maximum atomic E-state index is 12.4. The first-order chi connectivity index (χ1) is 8.47. The molecule has 0 aliphatic carbocycles. The molecule has 2 heterocycles. The van der Waals surface area contributed by atoms with E-state index in [0.29, 0.717) is 17.0 Å². The van der Waals surface area contributed by atoms with Crippen LogP contribution in [-0.2, 0) is 6.18 Å². The number of pyridine rings is 1. The van der Waals surface area contributed by atoms with Crippen LogP contribution in [0.15, 0.2) is 18.3 Å². The Morgan fingerprint density at radius 3 is 2.72 bits per heavy atom. The average molecular weight is 276 g/mol.